The third-order valence-electron chi connectivity index (χ3n) is 7.67. The van der Waals surface area contributed by atoms with E-state index in [2.05, 4.69) is 5.32 Å². The van der Waals surface area contributed by atoms with Crippen molar-refractivity contribution in [2.45, 2.75) is 69.9 Å². The van der Waals surface area contributed by atoms with Gasteiger partial charge in [-0.05, 0) is 62.5 Å². The van der Waals surface area contributed by atoms with E-state index in [-0.39, 0.29) is 50.8 Å². The van der Waals surface area contributed by atoms with E-state index in [1.807, 2.05) is 0 Å². The van der Waals surface area contributed by atoms with Crippen LogP contribution < -0.4 is 14.8 Å². The number of phenols is 1. The van der Waals surface area contributed by atoms with E-state index in [1.165, 1.54) is 32.0 Å². The van der Waals surface area contributed by atoms with Crippen molar-refractivity contribution in [3.8, 4) is 17.2 Å². The summed E-state index contributed by atoms with van der Waals surface area (Å²) in [6.07, 6.45) is -5.80. The first-order chi connectivity index (χ1) is 19.0. The van der Waals surface area contributed by atoms with Gasteiger partial charge in [0.25, 0.3) is 0 Å². The average Bonchev–Trinajstić information content (AvgIpc) is 2.92. The van der Waals surface area contributed by atoms with Crippen molar-refractivity contribution in [1.82, 2.24) is 5.32 Å². The number of fused-ring (bicyclic) bond motifs is 2. The lowest BCUT2D eigenvalue weighted by Crippen LogP contribution is -2.58. The number of aromatic hydroxyl groups is 1. The molecule has 12 nitrogen and oxygen atoms in total. The van der Waals surface area contributed by atoms with Gasteiger partial charge in [0.1, 0.15) is 35.6 Å². The Morgan fingerprint density at radius 2 is 1.68 bits per heavy atom. The molecule has 0 aromatic heterocycles. The van der Waals surface area contributed by atoms with Crippen LogP contribution in [-0.4, -0.2) is 86.9 Å². The molecule has 12 heteroatoms. The van der Waals surface area contributed by atoms with Gasteiger partial charge in [-0.1, -0.05) is 0 Å². The van der Waals surface area contributed by atoms with Gasteiger partial charge in [-0.15, -0.1) is 0 Å². The summed E-state index contributed by atoms with van der Waals surface area (Å²) in [5, 5.41) is 55.7. The number of carbonyl (C=O) groups excluding carboxylic acids is 3. The second kappa shape index (κ2) is 10.9. The van der Waals surface area contributed by atoms with E-state index < -0.39 is 60.6 Å². The normalized spacial score (nSPS) is 26.7. The summed E-state index contributed by atoms with van der Waals surface area (Å²) in [6.45, 7) is 3.27. The molecule has 0 amide bonds. The molecular formula is C28H31NO11. The molecule has 0 bridgehead atoms. The van der Waals surface area contributed by atoms with Gasteiger partial charge in [0.05, 0.1) is 18.3 Å². The van der Waals surface area contributed by atoms with Crippen LogP contribution in [0.3, 0.4) is 0 Å². The number of ketones is 2. The number of benzene rings is 2. The Bertz CT molecular complexity index is 1370. The molecule has 2 fully saturated rings. The third kappa shape index (κ3) is 4.76. The maximum atomic E-state index is 13.8. The van der Waals surface area contributed by atoms with Crippen LogP contribution >= 0.6 is 0 Å². The van der Waals surface area contributed by atoms with Crippen molar-refractivity contribution in [2.24, 2.45) is 0 Å². The van der Waals surface area contributed by atoms with E-state index in [4.69, 9.17) is 14.2 Å². The zero-order chi connectivity index (χ0) is 28.9. The summed E-state index contributed by atoms with van der Waals surface area (Å²) in [7, 11) is 0. The number of carbonyl (C=O) groups is 3. The van der Waals surface area contributed by atoms with Crippen LogP contribution in [0, 0.1) is 0 Å². The van der Waals surface area contributed by atoms with Crippen LogP contribution in [0.15, 0.2) is 18.2 Å². The molecule has 0 saturated carbocycles. The number of rotatable bonds is 5. The molecule has 2 aromatic rings. The number of esters is 1. The second-order valence-electron chi connectivity index (χ2n) is 10.3. The fourth-order valence-corrected chi connectivity index (χ4v) is 5.65. The molecule has 40 heavy (non-hydrogen) atoms. The monoisotopic (exact) mass is 557 g/mol. The zero-order valence-corrected chi connectivity index (χ0v) is 21.9. The molecule has 1 aliphatic carbocycles. The maximum Gasteiger partial charge on any atom is 0.308 e. The number of aliphatic hydroxyl groups excluding tert-OH is 4. The van der Waals surface area contributed by atoms with Gasteiger partial charge in [0.15, 0.2) is 11.6 Å². The Morgan fingerprint density at radius 1 is 1.00 bits per heavy atom. The molecule has 5 rings (SSSR count). The second-order valence-corrected chi connectivity index (χ2v) is 10.3. The highest BCUT2D eigenvalue weighted by molar-refractivity contribution is 6.30. The Kier molecular flexibility index (Phi) is 7.66. The molecular weight excluding hydrogens is 526 g/mol. The van der Waals surface area contributed by atoms with Crippen molar-refractivity contribution >= 4 is 17.5 Å². The van der Waals surface area contributed by atoms with Gasteiger partial charge in [-0.25, -0.2) is 0 Å². The number of hydrogen-bond donors (Lipinski definition) is 6. The van der Waals surface area contributed by atoms with Crippen molar-refractivity contribution in [1.29, 1.82) is 0 Å². The summed E-state index contributed by atoms with van der Waals surface area (Å²) in [6, 6.07) is 3.82. The molecule has 214 valence electrons. The SMILES string of the molecule is CC(=O)Oc1cc(CO)c2c(c1)C(=O)c1cc(O[C@H]3O[C@@H](C)[C@@H](O)[C@@H](O)[C@H]3O)c(C3CCNCC3)c(O)c1C2=O. The lowest BCUT2D eigenvalue weighted by molar-refractivity contribution is -0.268. The number of nitrogens with one attached hydrogen (secondary N) is 1. The first-order valence-electron chi connectivity index (χ1n) is 13.1. The predicted molar refractivity (Wildman–Crippen MR) is 136 cm³/mol. The molecule has 6 N–H and O–H groups in total. The number of aliphatic hydroxyl groups is 4. The summed E-state index contributed by atoms with van der Waals surface area (Å²) < 4.78 is 16.7. The minimum Gasteiger partial charge on any atom is -0.507 e. The average molecular weight is 558 g/mol. The quantitative estimate of drug-likeness (QED) is 0.185. The molecule has 5 atom stereocenters. The highest BCUT2D eigenvalue weighted by atomic mass is 16.7. The number of piperidine rings is 1. The Balaban J connectivity index is 1.66. The van der Waals surface area contributed by atoms with Crippen molar-refractivity contribution < 1.29 is 54.1 Å². The van der Waals surface area contributed by atoms with Crippen molar-refractivity contribution in [3.05, 3.63) is 51.6 Å². The molecule has 0 spiro atoms. The van der Waals surface area contributed by atoms with E-state index in [0.717, 1.165) is 0 Å². The Hall–Kier alpha value is -3.39. The minimum absolute atomic E-state index is 0.0221. The van der Waals surface area contributed by atoms with E-state index in [9.17, 15) is 39.9 Å². The van der Waals surface area contributed by atoms with Gasteiger partial charge in [-0.3, -0.25) is 14.4 Å². The Morgan fingerprint density at radius 3 is 2.33 bits per heavy atom. The molecule has 2 aliphatic heterocycles. The van der Waals surface area contributed by atoms with Crippen molar-refractivity contribution in [2.75, 3.05) is 13.1 Å². The van der Waals surface area contributed by atoms with Crippen LogP contribution in [0.2, 0.25) is 0 Å². The van der Waals surface area contributed by atoms with Gasteiger partial charge >= 0.3 is 5.97 Å². The van der Waals surface area contributed by atoms with Gasteiger partial charge < -0.3 is 45.1 Å². The lowest BCUT2D eigenvalue weighted by atomic mass is 9.78. The molecule has 3 aliphatic rings. The molecule has 0 radical (unpaired) electrons. The fraction of sp³-hybridized carbons (Fsp3) is 0.464. The number of hydrogen-bond acceptors (Lipinski definition) is 12. The number of phenolic OH excluding ortho intramolecular Hbond substituents is 1. The molecule has 2 saturated heterocycles. The summed E-state index contributed by atoms with van der Waals surface area (Å²) >= 11 is 0. The summed E-state index contributed by atoms with van der Waals surface area (Å²) in [5.74, 6) is -2.84. The van der Waals surface area contributed by atoms with Gasteiger partial charge in [0.2, 0.25) is 6.29 Å². The molecule has 0 unspecified atom stereocenters. The van der Waals surface area contributed by atoms with Gasteiger partial charge in [-0.2, -0.15) is 0 Å². The molecule has 2 aromatic carbocycles. The van der Waals surface area contributed by atoms with Gasteiger partial charge in [0, 0.05) is 29.2 Å². The largest absolute Gasteiger partial charge is 0.507 e. The standard InChI is InChI=1S/C28H31NO11/c1-11-22(32)26(36)27(37)28(38-11)40-18-9-17-21(25(35)20(18)13-3-5-29-6-4-13)24(34)19-14(10-30)7-15(39-12(2)31)8-16(19)23(17)33/h7-9,11,13,22,26-30,32,35-37H,3-6,10H2,1-2H3/t11-,22+,26+,27+,28+/m0/s1. The van der Waals surface area contributed by atoms with Crippen LogP contribution in [0.25, 0.3) is 0 Å². The maximum absolute atomic E-state index is 13.8. The minimum atomic E-state index is -1.65. The van der Waals surface area contributed by atoms with Crippen LogP contribution in [0.1, 0.15) is 75.6 Å². The lowest BCUT2D eigenvalue weighted by Gasteiger charge is -2.39. The van der Waals surface area contributed by atoms with Crippen LogP contribution in [0.5, 0.6) is 17.2 Å². The molecule has 2 heterocycles. The zero-order valence-electron chi connectivity index (χ0n) is 21.9. The first-order valence-corrected chi connectivity index (χ1v) is 13.1. The van der Waals surface area contributed by atoms with Crippen molar-refractivity contribution in [3.63, 3.8) is 0 Å². The highest BCUT2D eigenvalue weighted by Crippen LogP contribution is 2.47. The van der Waals surface area contributed by atoms with Crippen LogP contribution in [-0.2, 0) is 16.1 Å². The van der Waals surface area contributed by atoms with Crippen LogP contribution in [0.4, 0.5) is 0 Å². The third-order valence-corrected chi connectivity index (χ3v) is 7.67. The first kappa shape index (κ1) is 28.1. The summed E-state index contributed by atoms with van der Waals surface area (Å²) in [5.41, 5.74) is -0.362. The highest BCUT2D eigenvalue weighted by Gasteiger charge is 2.44. The van der Waals surface area contributed by atoms with E-state index in [1.54, 1.807) is 0 Å². The topological polar surface area (TPSA) is 192 Å². The van der Waals surface area contributed by atoms with E-state index >= 15 is 0 Å². The summed E-state index contributed by atoms with van der Waals surface area (Å²) in [4.78, 5) is 39.1. The number of ether oxygens (including phenoxy) is 3. The predicted octanol–water partition coefficient (Wildman–Crippen LogP) is 0.259. The Labute approximate surface area is 229 Å². The smallest absolute Gasteiger partial charge is 0.308 e. The fourth-order valence-electron chi connectivity index (χ4n) is 5.65. The van der Waals surface area contributed by atoms with E-state index in [0.29, 0.717) is 25.9 Å².